The first-order valence-electron chi connectivity index (χ1n) is 7.90. The summed E-state index contributed by atoms with van der Waals surface area (Å²) < 4.78 is 5.82. The molecule has 0 aliphatic carbocycles. The quantitative estimate of drug-likeness (QED) is 0.710. The van der Waals surface area contributed by atoms with Gasteiger partial charge in [0.1, 0.15) is 10.7 Å². The van der Waals surface area contributed by atoms with Crippen LogP contribution >= 0.6 is 22.7 Å². The van der Waals surface area contributed by atoms with Gasteiger partial charge in [0.2, 0.25) is 5.95 Å². The van der Waals surface area contributed by atoms with Crippen LogP contribution in [0.4, 0.5) is 5.95 Å². The van der Waals surface area contributed by atoms with Gasteiger partial charge in [0, 0.05) is 36.4 Å². The summed E-state index contributed by atoms with van der Waals surface area (Å²) in [5.41, 5.74) is 3.07. The lowest BCUT2D eigenvalue weighted by molar-refractivity contribution is -0.00571. The molecule has 1 aliphatic heterocycles. The van der Waals surface area contributed by atoms with Crippen molar-refractivity contribution in [1.29, 1.82) is 0 Å². The molecule has 1 fully saturated rings. The molecular formula is C17H18N4OS2. The van der Waals surface area contributed by atoms with E-state index in [0.29, 0.717) is 0 Å². The number of hydrogen-bond acceptors (Lipinski definition) is 7. The van der Waals surface area contributed by atoms with Crippen LogP contribution in [-0.2, 0) is 4.74 Å². The number of morpholine rings is 1. The third-order valence-electron chi connectivity index (χ3n) is 3.95. The Morgan fingerprint density at radius 3 is 2.67 bits per heavy atom. The van der Waals surface area contributed by atoms with Crippen molar-refractivity contribution < 1.29 is 4.74 Å². The van der Waals surface area contributed by atoms with Crippen molar-refractivity contribution in [2.24, 2.45) is 0 Å². The van der Waals surface area contributed by atoms with Crippen molar-refractivity contribution in [3.8, 4) is 21.8 Å². The summed E-state index contributed by atoms with van der Waals surface area (Å²) in [4.78, 5) is 16.2. The molecule has 2 unspecified atom stereocenters. The lowest BCUT2D eigenvalue weighted by Gasteiger charge is -2.35. The molecule has 24 heavy (non-hydrogen) atoms. The predicted octanol–water partition coefficient (Wildman–Crippen LogP) is 3.94. The van der Waals surface area contributed by atoms with Gasteiger partial charge in [-0.3, -0.25) is 0 Å². The zero-order valence-corrected chi connectivity index (χ0v) is 15.2. The Balaban J connectivity index is 1.77. The topological polar surface area (TPSA) is 51.1 Å². The van der Waals surface area contributed by atoms with E-state index in [4.69, 9.17) is 9.72 Å². The molecule has 1 aliphatic rings. The molecule has 0 aromatic carbocycles. The van der Waals surface area contributed by atoms with Crippen LogP contribution in [0.25, 0.3) is 21.8 Å². The number of thiophene rings is 1. The first-order valence-corrected chi connectivity index (χ1v) is 9.73. The van der Waals surface area contributed by atoms with Crippen molar-refractivity contribution in [2.45, 2.75) is 26.1 Å². The van der Waals surface area contributed by atoms with Gasteiger partial charge >= 0.3 is 0 Å². The highest BCUT2D eigenvalue weighted by atomic mass is 32.1. The lowest BCUT2D eigenvalue weighted by Crippen LogP contribution is -2.46. The number of ether oxygens (including phenoxy) is 1. The van der Waals surface area contributed by atoms with Crippen molar-refractivity contribution in [1.82, 2.24) is 15.0 Å². The smallest absolute Gasteiger partial charge is 0.226 e. The van der Waals surface area contributed by atoms with Gasteiger partial charge in [-0.15, -0.1) is 11.3 Å². The van der Waals surface area contributed by atoms with E-state index in [1.807, 2.05) is 17.8 Å². The molecule has 4 rings (SSSR count). The van der Waals surface area contributed by atoms with E-state index < -0.39 is 0 Å². The second-order valence-corrected chi connectivity index (χ2v) is 7.62. The fourth-order valence-corrected chi connectivity index (χ4v) is 4.29. The molecule has 0 amide bonds. The van der Waals surface area contributed by atoms with E-state index in [1.165, 1.54) is 0 Å². The first-order chi connectivity index (χ1) is 11.7. The minimum absolute atomic E-state index is 0.178. The van der Waals surface area contributed by atoms with Crippen LogP contribution in [0.3, 0.4) is 0 Å². The van der Waals surface area contributed by atoms with Gasteiger partial charge < -0.3 is 9.64 Å². The first kappa shape index (κ1) is 15.7. The van der Waals surface area contributed by atoms with Gasteiger partial charge in [-0.1, -0.05) is 0 Å². The van der Waals surface area contributed by atoms with Gasteiger partial charge in [-0.2, -0.15) is 11.3 Å². The standard InChI is InChI=1S/C17H18N4OS2/c1-11-8-21(9-12(2)22-11)17-19-7-14(13-3-5-23-10-13)15(20-17)16-18-4-6-24-16/h3-7,10-12H,8-9H2,1-2H3. The van der Waals surface area contributed by atoms with Crippen LogP contribution in [0.15, 0.2) is 34.6 Å². The summed E-state index contributed by atoms with van der Waals surface area (Å²) in [6.07, 6.45) is 4.10. The van der Waals surface area contributed by atoms with Gasteiger partial charge in [0.05, 0.1) is 12.2 Å². The second-order valence-electron chi connectivity index (χ2n) is 5.94. The molecule has 4 heterocycles. The largest absolute Gasteiger partial charge is 0.372 e. The summed E-state index contributed by atoms with van der Waals surface area (Å²) in [6, 6.07) is 2.10. The minimum atomic E-state index is 0.178. The molecule has 0 spiro atoms. The third-order valence-corrected chi connectivity index (χ3v) is 5.41. The Kier molecular flexibility index (Phi) is 4.30. The molecule has 3 aromatic rings. The molecule has 5 nitrogen and oxygen atoms in total. The number of rotatable bonds is 3. The van der Waals surface area contributed by atoms with Gasteiger partial charge in [0.15, 0.2) is 0 Å². The second kappa shape index (κ2) is 6.58. The normalized spacial score (nSPS) is 21.2. The lowest BCUT2D eigenvalue weighted by atomic mass is 10.1. The van der Waals surface area contributed by atoms with Crippen LogP contribution in [0.1, 0.15) is 13.8 Å². The van der Waals surface area contributed by atoms with Crippen molar-refractivity contribution in [2.75, 3.05) is 18.0 Å². The van der Waals surface area contributed by atoms with E-state index in [2.05, 4.69) is 45.5 Å². The highest BCUT2D eigenvalue weighted by Gasteiger charge is 2.25. The Morgan fingerprint density at radius 2 is 2.00 bits per heavy atom. The van der Waals surface area contributed by atoms with Crippen LogP contribution < -0.4 is 4.90 Å². The summed E-state index contributed by atoms with van der Waals surface area (Å²) in [5, 5.41) is 7.09. The number of anilines is 1. The van der Waals surface area contributed by atoms with Gasteiger partial charge in [0.25, 0.3) is 0 Å². The van der Waals surface area contributed by atoms with E-state index in [-0.39, 0.29) is 12.2 Å². The molecule has 0 saturated carbocycles. The Bertz CT molecular complexity index is 794. The Labute approximate surface area is 149 Å². The Hall–Kier alpha value is -1.83. The molecular weight excluding hydrogens is 340 g/mol. The van der Waals surface area contributed by atoms with E-state index in [0.717, 1.165) is 40.9 Å². The zero-order valence-electron chi connectivity index (χ0n) is 13.5. The number of thiazole rings is 1. The van der Waals surface area contributed by atoms with E-state index in [1.54, 1.807) is 22.7 Å². The molecule has 0 N–H and O–H groups in total. The highest BCUT2D eigenvalue weighted by molar-refractivity contribution is 7.13. The maximum atomic E-state index is 5.82. The predicted molar refractivity (Wildman–Crippen MR) is 98.7 cm³/mol. The number of hydrogen-bond donors (Lipinski definition) is 0. The number of nitrogens with zero attached hydrogens (tertiary/aromatic N) is 4. The van der Waals surface area contributed by atoms with Crippen LogP contribution in [0, 0.1) is 0 Å². The average molecular weight is 358 g/mol. The summed E-state index contributed by atoms with van der Waals surface area (Å²) >= 11 is 3.28. The Morgan fingerprint density at radius 1 is 1.17 bits per heavy atom. The molecule has 1 saturated heterocycles. The van der Waals surface area contributed by atoms with Crippen LogP contribution in [0.2, 0.25) is 0 Å². The molecule has 2 atom stereocenters. The van der Waals surface area contributed by atoms with E-state index in [9.17, 15) is 0 Å². The monoisotopic (exact) mass is 358 g/mol. The summed E-state index contributed by atoms with van der Waals surface area (Å²) in [5.74, 6) is 0.751. The van der Waals surface area contributed by atoms with E-state index >= 15 is 0 Å². The molecule has 3 aromatic heterocycles. The summed E-state index contributed by atoms with van der Waals surface area (Å²) in [6.45, 7) is 5.78. The van der Waals surface area contributed by atoms with Crippen LogP contribution in [-0.4, -0.2) is 40.2 Å². The number of aromatic nitrogens is 3. The fourth-order valence-electron chi connectivity index (χ4n) is 3.00. The molecule has 0 bridgehead atoms. The van der Waals surface area contributed by atoms with Crippen LogP contribution in [0.5, 0.6) is 0 Å². The highest BCUT2D eigenvalue weighted by Crippen LogP contribution is 2.33. The van der Waals surface area contributed by atoms with Crippen molar-refractivity contribution >= 4 is 28.6 Å². The van der Waals surface area contributed by atoms with Gasteiger partial charge in [-0.05, 0) is 36.2 Å². The SMILES string of the molecule is CC1CN(c2ncc(-c3ccsc3)c(-c3nccs3)n2)CC(C)O1. The van der Waals surface area contributed by atoms with Crippen molar-refractivity contribution in [3.63, 3.8) is 0 Å². The van der Waals surface area contributed by atoms with Crippen molar-refractivity contribution in [3.05, 3.63) is 34.6 Å². The van der Waals surface area contributed by atoms with Gasteiger partial charge in [-0.25, -0.2) is 15.0 Å². The molecule has 124 valence electrons. The fraction of sp³-hybridized carbons (Fsp3) is 0.353. The minimum Gasteiger partial charge on any atom is -0.372 e. The zero-order chi connectivity index (χ0) is 16.5. The molecule has 7 heteroatoms. The maximum absolute atomic E-state index is 5.82. The third kappa shape index (κ3) is 3.07. The molecule has 0 radical (unpaired) electrons. The average Bonchev–Trinajstić information content (AvgIpc) is 3.27. The maximum Gasteiger partial charge on any atom is 0.226 e. The summed E-state index contributed by atoms with van der Waals surface area (Å²) in [7, 11) is 0.